The van der Waals surface area contributed by atoms with Gasteiger partial charge in [0, 0.05) is 50.0 Å². The van der Waals surface area contributed by atoms with Gasteiger partial charge in [-0.05, 0) is 48.9 Å². The Hall–Kier alpha value is -4.26. The molecule has 0 aliphatic carbocycles. The normalized spacial score (nSPS) is 15.1. The van der Waals surface area contributed by atoms with Gasteiger partial charge in [-0.3, -0.25) is 9.59 Å². The molecule has 1 atom stereocenters. The van der Waals surface area contributed by atoms with Crippen LogP contribution < -0.4 is 16.0 Å². The van der Waals surface area contributed by atoms with E-state index in [9.17, 15) is 9.59 Å². The van der Waals surface area contributed by atoms with Crippen LogP contribution in [0.15, 0.2) is 90.6 Å². The summed E-state index contributed by atoms with van der Waals surface area (Å²) >= 11 is 0. The summed E-state index contributed by atoms with van der Waals surface area (Å²) in [7, 11) is 0. The average Bonchev–Trinajstić information content (AvgIpc) is 2.92. The number of carbonyl (C=O) groups excluding carboxylic acids is 2. The molecule has 1 aliphatic rings. The smallest absolute Gasteiger partial charge is 0.273 e. The van der Waals surface area contributed by atoms with Gasteiger partial charge in [0.05, 0.1) is 0 Å². The largest absolute Gasteiger partial charge is 0.483 e. The maximum atomic E-state index is 13.5. The third kappa shape index (κ3) is 6.05. The molecule has 0 saturated carbocycles. The minimum Gasteiger partial charge on any atom is -0.483 e. The fourth-order valence-corrected chi connectivity index (χ4v) is 4.24. The Labute approximate surface area is 212 Å². The van der Waals surface area contributed by atoms with Crippen molar-refractivity contribution in [3.63, 3.8) is 0 Å². The highest BCUT2D eigenvalue weighted by Gasteiger charge is 2.26. The fourth-order valence-electron chi connectivity index (χ4n) is 4.24. The second-order valence-corrected chi connectivity index (χ2v) is 8.79. The van der Waals surface area contributed by atoms with Crippen LogP contribution in [0.5, 0.6) is 0 Å². The SMILES string of the molecule is CC(=O)Nc1ccc(/C(OC(C)c2ccccc2)=C(/N)C(=O)N2CCN(c3ccccc3)CC2)cc1. The number of piperazine rings is 1. The molecule has 1 heterocycles. The number of ether oxygens (including phenoxy) is 1. The van der Waals surface area contributed by atoms with Crippen molar-refractivity contribution in [3.05, 3.63) is 102 Å². The second-order valence-electron chi connectivity index (χ2n) is 8.79. The lowest BCUT2D eigenvalue weighted by atomic mass is 10.1. The highest BCUT2D eigenvalue weighted by Crippen LogP contribution is 2.29. The summed E-state index contributed by atoms with van der Waals surface area (Å²) in [6, 6.07) is 27.1. The predicted octanol–water partition coefficient (Wildman–Crippen LogP) is 4.40. The number of rotatable bonds is 7. The molecule has 1 saturated heterocycles. The number of para-hydroxylation sites is 1. The molecule has 186 valence electrons. The fraction of sp³-hybridized carbons (Fsp3) is 0.241. The number of carbonyl (C=O) groups is 2. The van der Waals surface area contributed by atoms with Gasteiger partial charge in [0.2, 0.25) is 5.91 Å². The Morgan fingerprint density at radius 3 is 2.03 bits per heavy atom. The highest BCUT2D eigenvalue weighted by molar-refractivity contribution is 5.99. The van der Waals surface area contributed by atoms with E-state index in [1.807, 2.05) is 55.5 Å². The molecular formula is C29H32N4O3. The first kappa shape index (κ1) is 24.9. The maximum Gasteiger partial charge on any atom is 0.273 e. The Balaban J connectivity index is 1.57. The topological polar surface area (TPSA) is 87.9 Å². The molecule has 3 aromatic carbocycles. The van der Waals surface area contributed by atoms with Crippen molar-refractivity contribution >= 4 is 28.9 Å². The van der Waals surface area contributed by atoms with Crippen LogP contribution in [0.1, 0.15) is 31.1 Å². The number of amides is 2. The number of hydrogen-bond donors (Lipinski definition) is 2. The molecule has 2 amide bonds. The van der Waals surface area contributed by atoms with Crippen LogP contribution in [0, 0.1) is 0 Å². The molecule has 1 fully saturated rings. The van der Waals surface area contributed by atoms with Crippen LogP contribution in [-0.2, 0) is 14.3 Å². The Morgan fingerprint density at radius 1 is 0.861 bits per heavy atom. The van der Waals surface area contributed by atoms with E-state index in [2.05, 4.69) is 22.3 Å². The van der Waals surface area contributed by atoms with Crippen LogP contribution in [-0.4, -0.2) is 42.9 Å². The van der Waals surface area contributed by atoms with Gasteiger partial charge in [-0.15, -0.1) is 0 Å². The van der Waals surface area contributed by atoms with Crippen LogP contribution >= 0.6 is 0 Å². The van der Waals surface area contributed by atoms with E-state index < -0.39 is 0 Å². The third-order valence-electron chi connectivity index (χ3n) is 6.19. The Bertz CT molecular complexity index is 1200. The summed E-state index contributed by atoms with van der Waals surface area (Å²) < 4.78 is 6.32. The first-order valence-electron chi connectivity index (χ1n) is 12.1. The van der Waals surface area contributed by atoms with E-state index in [-0.39, 0.29) is 23.6 Å². The van der Waals surface area contributed by atoms with E-state index in [0.29, 0.717) is 30.1 Å². The highest BCUT2D eigenvalue weighted by atomic mass is 16.5. The number of nitrogens with two attached hydrogens (primary N) is 1. The number of nitrogens with zero attached hydrogens (tertiary/aromatic N) is 2. The number of hydrogen-bond acceptors (Lipinski definition) is 5. The number of anilines is 2. The molecule has 1 aliphatic heterocycles. The predicted molar refractivity (Wildman–Crippen MR) is 143 cm³/mol. The minimum atomic E-state index is -0.322. The summed E-state index contributed by atoms with van der Waals surface area (Å²) in [5.41, 5.74) is 10.0. The summed E-state index contributed by atoms with van der Waals surface area (Å²) in [5, 5.41) is 2.75. The van der Waals surface area contributed by atoms with Crippen LogP contribution in [0.4, 0.5) is 11.4 Å². The minimum absolute atomic E-state index is 0.0678. The zero-order chi connectivity index (χ0) is 25.5. The zero-order valence-electron chi connectivity index (χ0n) is 20.7. The molecule has 36 heavy (non-hydrogen) atoms. The summed E-state index contributed by atoms with van der Waals surface area (Å²) in [5.74, 6) is -0.0723. The van der Waals surface area contributed by atoms with Crippen LogP contribution in [0.2, 0.25) is 0 Å². The zero-order valence-corrected chi connectivity index (χ0v) is 20.7. The number of nitrogens with one attached hydrogen (secondary N) is 1. The van der Waals surface area contributed by atoms with Crippen molar-refractivity contribution in [3.8, 4) is 0 Å². The third-order valence-corrected chi connectivity index (χ3v) is 6.19. The first-order valence-corrected chi connectivity index (χ1v) is 12.1. The van der Waals surface area contributed by atoms with Gasteiger partial charge in [-0.1, -0.05) is 48.5 Å². The summed E-state index contributed by atoms with van der Waals surface area (Å²) in [6.07, 6.45) is -0.322. The molecule has 3 N–H and O–H groups in total. The van der Waals surface area contributed by atoms with E-state index in [1.165, 1.54) is 6.92 Å². The molecule has 0 aromatic heterocycles. The molecule has 7 heteroatoms. The number of benzene rings is 3. The van der Waals surface area contributed by atoms with Crippen molar-refractivity contribution in [2.75, 3.05) is 36.4 Å². The summed E-state index contributed by atoms with van der Waals surface area (Å²) in [4.78, 5) is 28.9. The lowest BCUT2D eigenvalue weighted by molar-refractivity contribution is -0.127. The van der Waals surface area contributed by atoms with Crippen LogP contribution in [0.25, 0.3) is 5.76 Å². The van der Waals surface area contributed by atoms with Gasteiger partial charge in [-0.2, -0.15) is 0 Å². The Morgan fingerprint density at radius 2 is 1.44 bits per heavy atom. The van der Waals surface area contributed by atoms with E-state index in [4.69, 9.17) is 10.5 Å². The monoisotopic (exact) mass is 484 g/mol. The standard InChI is InChI=1S/C29H32N4O3/c1-21(23-9-5-3-6-10-23)36-28(24-13-15-25(16-14-24)31-22(2)34)27(30)29(35)33-19-17-32(18-20-33)26-11-7-4-8-12-26/h3-16,21H,17-20,30H2,1-2H3,(H,31,34)/b28-27-. The van der Waals surface area contributed by atoms with E-state index in [1.54, 1.807) is 29.2 Å². The van der Waals surface area contributed by atoms with Gasteiger partial charge < -0.3 is 25.6 Å². The van der Waals surface area contributed by atoms with Crippen molar-refractivity contribution < 1.29 is 14.3 Å². The molecule has 1 unspecified atom stereocenters. The lowest BCUT2D eigenvalue weighted by Gasteiger charge is -2.36. The van der Waals surface area contributed by atoms with Crippen molar-refractivity contribution in [2.24, 2.45) is 5.73 Å². The molecule has 0 bridgehead atoms. The van der Waals surface area contributed by atoms with Crippen molar-refractivity contribution in [1.82, 2.24) is 4.90 Å². The Kier molecular flexibility index (Phi) is 7.90. The van der Waals surface area contributed by atoms with Gasteiger partial charge in [0.1, 0.15) is 11.8 Å². The molecular weight excluding hydrogens is 452 g/mol. The lowest BCUT2D eigenvalue weighted by Crippen LogP contribution is -2.50. The van der Waals surface area contributed by atoms with Crippen molar-refractivity contribution in [1.29, 1.82) is 0 Å². The van der Waals surface area contributed by atoms with Gasteiger partial charge in [-0.25, -0.2) is 0 Å². The van der Waals surface area contributed by atoms with Gasteiger partial charge in [0.15, 0.2) is 5.76 Å². The second kappa shape index (κ2) is 11.4. The molecule has 0 radical (unpaired) electrons. The van der Waals surface area contributed by atoms with Crippen molar-refractivity contribution in [2.45, 2.75) is 20.0 Å². The van der Waals surface area contributed by atoms with E-state index in [0.717, 1.165) is 24.3 Å². The molecule has 0 spiro atoms. The molecule has 3 aromatic rings. The first-order chi connectivity index (χ1) is 17.4. The molecule has 4 rings (SSSR count). The summed E-state index contributed by atoms with van der Waals surface area (Å²) in [6.45, 7) is 5.97. The molecule has 7 nitrogen and oxygen atoms in total. The maximum absolute atomic E-state index is 13.5. The average molecular weight is 485 g/mol. The quantitative estimate of drug-likeness (QED) is 0.383. The van der Waals surface area contributed by atoms with Gasteiger partial charge in [0.25, 0.3) is 5.91 Å². The van der Waals surface area contributed by atoms with Crippen LogP contribution in [0.3, 0.4) is 0 Å². The van der Waals surface area contributed by atoms with Gasteiger partial charge >= 0.3 is 0 Å². The van der Waals surface area contributed by atoms with E-state index >= 15 is 0 Å².